The van der Waals surface area contributed by atoms with Gasteiger partial charge in [0, 0.05) is 18.0 Å². The Kier molecular flexibility index (Phi) is 5.15. The normalized spacial score (nSPS) is 11.9. The van der Waals surface area contributed by atoms with Crippen LogP contribution in [0.4, 0.5) is 4.39 Å². The second-order valence-corrected chi connectivity index (χ2v) is 5.90. The molecule has 0 aromatic heterocycles. The maximum Gasteiger partial charge on any atom is 0.123 e. The van der Waals surface area contributed by atoms with Gasteiger partial charge in [-0.3, -0.25) is 0 Å². The van der Waals surface area contributed by atoms with E-state index >= 15 is 0 Å². The molecule has 0 amide bonds. The summed E-state index contributed by atoms with van der Waals surface area (Å²) >= 11 is 0. The molecular formula is C15H24FNO. The van der Waals surface area contributed by atoms with Gasteiger partial charge in [-0.25, -0.2) is 4.39 Å². The maximum absolute atomic E-state index is 13.0. The van der Waals surface area contributed by atoms with Gasteiger partial charge in [-0.15, -0.1) is 0 Å². The molecule has 0 aliphatic carbocycles. The van der Waals surface area contributed by atoms with E-state index in [4.69, 9.17) is 4.74 Å². The molecular weight excluding hydrogens is 229 g/mol. The fraction of sp³-hybridized carbons (Fsp3) is 0.600. The van der Waals surface area contributed by atoms with Gasteiger partial charge in [0.05, 0.1) is 6.61 Å². The minimum Gasteiger partial charge on any atom is -0.493 e. The largest absolute Gasteiger partial charge is 0.493 e. The van der Waals surface area contributed by atoms with E-state index in [0.717, 1.165) is 17.9 Å². The van der Waals surface area contributed by atoms with E-state index in [0.29, 0.717) is 12.6 Å². The minimum absolute atomic E-state index is 0.0467. The van der Waals surface area contributed by atoms with Crippen LogP contribution in [0.1, 0.15) is 33.3 Å². The van der Waals surface area contributed by atoms with E-state index in [-0.39, 0.29) is 11.2 Å². The van der Waals surface area contributed by atoms with Gasteiger partial charge < -0.3 is 10.1 Å². The van der Waals surface area contributed by atoms with E-state index in [1.54, 1.807) is 6.07 Å². The van der Waals surface area contributed by atoms with Crippen molar-refractivity contribution >= 4 is 0 Å². The van der Waals surface area contributed by atoms with E-state index < -0.39 is 0 Å². The number of nitrogens with one attached hydrogen (secondary N) is 1. The van der Waals surface area contributed by atoms with Crippen molar-refractivity contribution < 1.29 is 9.13 Å². The SMILES string of the molecule is Cc1cc(F)ccc1OCC(C)(C)CNC(C)C. The van der Waals surface area contributed by atoms with E-state index in [2.05, 4.69) is 33.0 Å². The molecule has 0 unspecified atom stereocenters. The van der Waals surface area contributed by atoms with Crippen LogP contribution >= 0.6 is 0 Å². The van der Waals surface area contributed by atoms with Crippen molar-refractivity contribution in [1.82, 2.24) is 5.32 Å². The summed E-state index contributed by atoms with van der Waals surface area (Å²) in [6.07, 6.45) is 0. The smallest absolute Gasteiger partial charge is 0.123 e. The van der Waals surface area contributed by atoms with Crippen LogP contribution in [0.25, 0.3) is 0 Å². The van der Waals surface area contributed by atoms with E-state index in [1.807, 2.05) is 6.92 Å². The molecule has 18 heavy (non-hydrogen) atoms. The first-order chi connectivity index (χ1) is 8.30. The van der Waals surface area contributed by atoms with Crippen LogP contribution in [0.5, 0.6) is 5.75 Å². The van der Waals surface area contributed by atoms with E-state index in [1.165, 1.54) is 12.1 Å². The summed E-state index contributed by atoms with van der Waals surface area (Å²) in [7, 11) is 0. The van der Waals surface area contributed by atoms with Crippen molar-refractivity contribution in [3.63, 3.8) is 0 Å². The lowest BCUT2D eigenvalue weighted by atomic mass is 9.94. The third-order valence-electron chi connectivity index (χ3n) is 2.74. The van der Waals surface area contributed by atoms with Crippen LogP contribution in [0.15, 0.2) is 18.2 Å². The number of ether oxygens (including phenoxy) is 1. The lowest BCUT2D eigenvalue weighted by molar-refractivity contribution is 0.172. The third-order valence-corrected chi connectivity index (χ3v) is 2.74. The van der Waals surface area contributed by atoms with Gasteiger partial charge in [-0.05, 0) is 30.7 Å². The number of benzene rings is 1. The Hall–Kier alpha value is -1.09. The summed E-state index contributed by atoms with van der Waals surface area (Å²) in [5, 5.41) is 3.41. The van der Waals surface area contributed by atoms with Crippen molar-refractivity contribution in [3.05, 3.63) is 29.6 Å². The first-order valence-electron chi connectivity index (χ1n) is 6.42. The van der Waals surface area contributed by atoms with Gasteiger partial charge in [0.15, 0.2) is 0 Å². The summed E-state index contributed by atoms with van der Waals surface area (Å²) in [6, 6.07) is 5.09. The van der Waals surface area contributed by atoms with Crippen molar-refractivity contribution in [2.75, 3.05) is 13.2 Å². The number of aryl methyl sites for hydroxylation is 1. The van der Waals surface area contributed by atoms with Crippen LogP contribution in [0.3, 0.4) is 0 Å². The highest BCUT2D eigenvalue weighted by Crippen LogP contribution is 2.22. The van der Waals surface area contributed by atoms with Crippen molar-refractivity contribution in [1.29, 1.82) is 0 Å². The van der Waals surface area contributed by atoms with Gasteiger partial charge in [-0.2, -0.15) is 0 Å². The molecule has 1 aromatic rings. The highest BCUT2D eigenvalue weighted by atomic mass is 19.1. The molecule has 102 valence electrons. The Morgan fingerprint density at radius 1 is 1.33 bits per heavy atom. The van der Waals surface area contributed by atoms with Crippen LogP contribution < -0.4 is 10.1 Å². The monoisotopic (exact) mass is 253 g/mol. The molecule has 0 saturated heterocycles. The number of hydrogen-bond acceptors (Lipinski definition) is 2. The minimum atomic E-state index is -0.222. The second kappa shape index (κ2) is 6.19. The Bertz CT molecular complexity index is 388. The van der Waals surface area contributed by atoms with Gasteiger partial charge in [-0.1, -0.05) is 27.7 Å². The quantitative estimate of drug-likeness (QED) is 0.837. The average molecular weight is 253 g/mol. The third kappa shape index (κ3) is 5.05. The molecule has 1 N–H and O–H groups in total. The van der Waals surface area contributed by atoms with Crippen LogP contribution in [-0.2, 0) is 0 Å². The summed E-state index contributed by atoms with van der Waals surface area (Å²) in [6.45, 7) is 11.9. The van der Waals surface area contributed by atoms with Gasteiger partial charge >= 0.3 is 0 Å². The predicted octanol–water partition coefficient (Wildman–Crippen LogP) is 3.54. The Morgan fingerprint density at radius 2 is 2.00 bits per heavy atom. The zero-order chi connectivity index (χ0) is 13.8. The topological polar surface area (TPSA) is 21.3 Å². The Balaban J connectivity index is 2.53. The summed E-state index contributed by atoms with van der Waals surface area (Å²) in [4.78, 5) is 0. The summed E-state index contributed by atoms with van der Waals surface area (Å²) < 4.78 is 18.7. The second-order valence-electron chi connectivity index (χ2n) is 5.90. The lowest BCUT2D eigenvalue weighted by Crippen LogP contribution is -2.37. The molecule has 0 aliphatic heterocycles. The molecule has 0 heterocycles. The highest BCUT2D eigenvalue weighted by molar-refractivity contribution is 5.32. The first-order valence-corrected chi connectivity index (χ1v) is 6.42. The molecule has 0 fully saturated rings. The first kappa shape index (κ1) is 15.0. The molecule has 1 rings (SSSR count). The van der Waals surface area contributed by atoms with Crippen molar-refractivity contribution in [3.8, 4) is 5.75 Å². The molecule has 0 bridgehead atoms. The fourth-order valence-electron chi connectivity index (χ4n) is 1.58. The Labute approximate surface area is 110 Å². The molecule has 1 aromatic carbocycles. The fourth-order valence-corrected chi connectivity index (χ4v) is 1.58. The van der Waals surface area contributed by atoms with Gasteiger partial charge in [0.1, 0.15) is 11.6 Å². The maximum atomic E-state index is 13.0. The zero-order valence-corrected chi connectivity index (χ0v) is 12.0. The number of hydrogen-bond donors (Lipinski definition) is 1. The van der Waals surface area contributed by atoms with Crippen molar-refractivity contribution in [2.45, 2.75) is 40.7 Å². The molecule has 0 atom stereocenters. The van der Waals surface area contributed by atoms with Crippen LogP contribution in [0, 0.1) is 18.2 Å². The molecule has 0 radical (unpaired) electrons. The van der Waals surface area contributed by atoms with Gasteiger partial charge in [0.25, 0.3) is 0 Å². The van der Waals surface area contributed by atoms with Gasteiger partial charge in [0.2, 0.25) is 0 Å². The lowest BCUT2D eigenvalue weighted by Gasteiger charge is -2.26. The van der Waals surface area contributed by atoms with Crippen molar-refractivity contribution in [2.24, 2.45) is 5.41 Å². The summed E-state index contributed by atoms with van der Waals surface area (Å²) in [5.74, 6) is 0.537. The van der Waals surface area contributed by atoms with Crippen LogP contribution in [-0.4, -0.2) is 19.2 Å². The highest BCUT2D eigenvalue weighted by Gasteiger charge is 2.19. The standard InChI is InChI=1S/C15H24FNO/c1-11(2)17-9-15(4,5)10-18-14-7-6-13(16)8-12(14)3/h6-8,11,17H,9-10H2,1-5H3. The molecule has 2 nitrogen and oxygen atoms in total. The Morgan fingerprint density at radius 3 is 2.56 bits per heavy atom. The molecule has 0 spiro atoms. The van der Waals surface area contributed by atoms with Crippen LogP contribution in [0.2, 0.25) is 0 Å². The average Bonchev–Trinajstić information content (AvgIpc) is 2.25. The van der Waals surface area contributed by atoms with E-state index in [9.17, 15) is 4.39 Å². The molecule has 3 heteroatoms. The number of rotatable bonds is 6. The zero-order valence-electron chi connectivity index (χ0n) is 12.0. The predicted molar refractivity (Wildman–Crippen MR) is 73.6 cm³/mol. The summed E-state index contributed by atoms with van der Waals surface area (Å²) in [5.41, 5.74) is 0.882. The molecule has 0 saturated carbocycles. The molecule has 0 aliphatic rings. The number of halogens is 1.